The number of rotatable bonds is 2. The lowest BCUT2D eigenvalue weighted by Gasteiger charge is -2.35. The van der Waals surface area contributed by atoms with Gasteiger partial charge in [0.2, 0.25) is 0 Å². The first kappa shape index (κ1) is 10.9. The molecule has 0 spiro atoms. The first-order valence-corrected chi connectivity index (χ1v) is 6.35. The Morgan fingerprint density at radius 2 is 2.20 bits per heavy atom. The standard InChI is InChI=1S/C11H16BrN3/c1-15(11-7-4-8-13-14-11)10-6-3-2-5-9(10)12/h4,7-10H,2-3,5-6H2,1H3. The molecule has 0 radical (unpaired) electrons. The maximum Gasteiger partial charge on any atom is 0.151 e. The Bertz CT molecular complexity index is 304. The molecule has 2 rings (SSSR count). The number of hydrogen-bond acceptors (Lipinski definition) is 3. The van der Waals surface area contributed by atoms with E-state index in [2.05, 4.69) is 38.1 Å². The quantitative estimate of drug-likeness (QED) is 0.773. The van der Waals surface area contributed by atoms with Crippen LogP contribution in [0.5, 0.6) is 0 Å². The minimum absolute atomic E-state index is 0.551. The van der Waals surface area contributed by atoms with Crippen LogP contribution in [0.3, 0.4) is 0 Å². The molecule has 3 nitrogen and oxygen atoms in total. The maximum atomic E-state index is 4.14. The van der Waals surface area contributed by atoms with Crippen LogP contribution in [0.2, 0.25) is 0 Å². The van der Waals surface area contributed by atoms with E-state index in [0.717, 1.165) is 5.82 Å². The topological polar surface area (TPSA) is 29.0 Å². The lowest BCUT2D eigenvalue weighted by molar-refractivity contribution is 0.441. The van der Waals surface area contributed by atoms with Crippen LogP contribution < -0.4 is 4.90 Å². The summed E-state index contributed by atoms with van der Waals surface area (Å²) in [6, 6.07) is 4.50. The summed E-state index contributed by atoms with van der Waals surface area (Å²) in [5.41, 5.74) is 0. The molecule has 0 aliphatic heterocycles. The lowest BCUT2D eigenvalue weighted by atomic mass is 9.94. The van der Waals surface area contributed by atoms with Crippen LogP contribution >= 0.6 is 15.9 Å². The van der Waals surface area contributed by atoms with Gasteiger partial charge in [-0.1, -0.05) is 28.8 Å². The van der Waals surface area contributed by atoms with E-state index < -0.39 is 0 Å². The molecule has 0 N–H and O–H groups in total. The van der Waals surface area contributed by atoms with Crippen molar-refractivity contribution in [2.24, 2.45) is 0 Å². The number of alkyl halides is 1. The first-order chi connectivity index (χ1) is 7.29. The van der Waals surface area contributed by atoms with Crippen molar-refractivity contribution in [1.82, 2.24) is 10.2 Å². The summed E-state index contributed by atoms with van der Waals surface area (Å²) in [6.45, 7) is 0. The van der Waals surface area contributed by atoms with E-state index >= 15 is 0 Å². The zero-order valence-corrected chi connectivity index (χ0v) is 10.5. The van der Waals surface area contributed by atoms with Gasteiger partial charge in [-0.05, 0) is 25.0 Å². The minimum Gasteiger partial charge on any atom is -0.354 e. The van der Waals surface area contributed by atoms with E-state index in [4.69, 9.17) is 0 Å². The second-order valence-electron chi connectivity index (χ2n) is 4.06. The molecular formula is C11H16BrN3. The molecule has 1 aliphatic rings. The molecule has 1 fully saturated rings. The summed E-state index contributed by atoms with van der Waals surface area (Å²) < 4.78 is 0. The molecule has 0 amide bonds. The zero-order valence-electron chi connectivity index (χ0n) is 8.93. The molecule has 0 saturated heterocycles. The Hall–Kier alpha value is -0.640. The van der Waals surface area contributed by atoms with Gasteiger partial charge in [0.25, 0.3) is 0 Å². The van der Waals surface area contributed by atoms with Gasteiger partial charge in [-0.3, -0.25) is 0 Å². The molecule has 2 atom stereocenters. The van der Waals surface area contributed by atoms with Gasteiger partial charge in [-0.25, -0.2) is 0 Å². The molecule has 1 aromatic rings. The Kier molecular flexibility index (Phi) is 3.57. The molecule has 2 unspecified atom stereocenters. The molecule has 1 aromatic heterocycles. The third-order valence-electron chi connectivity index (χ3n) is 3.06. The highest BCUT2D eigenvalue weighted by Crippen LogP contribution is 2.29. The summed E-state index contributed by atoms with van der Waals surface area (Å²) in [4.78, 5) is 2.82. The molecule has 1 aliphatic carbocycles. The third-order valence-corrected chi connectivity index (χ3v) is 4.13. The highest BCUT2D eigenvalue weighted by atomic mass is 79.9. The van der Waals surface area contributed by atoms with Crippen LogP contribution in [0.25, 0.3) is 0 Å². The molecule has 0 bridgehead atoms. The van der Waals surface area contributed by atoms with E-state index in [1.807, 2.05) is 12.1 Å². The Balaban J connectivity index is 2.09. The Labute approximate surface area is 99.0 Å². The summed E-state index contributed by atoms with van der Waals surface area (Å²) in [5, 5.41) is 8.06. The lowest BCUT2D eigenvalue weighted by Crippen LogP contribution is -2.41. The van der Waals surface area contributed by atoms with Crippen LogP contribution in [0.15, 0.2) is 18.3 Å². The number of nitrogens with zero attached hydrogens (tertiary/aromatic N) is 3. The average Bonchev–Trinajstić information content (AvgIpc) is 2.30. The summed E-state index contributed by atoms with van der Waals surface area (Å²) in [6.07, 6.45) is 6.86. The molecule has 4 heteroatoms. The van der Waals surface area contributed by atoms with Crippen molar-refractivity contribution in [3.63, 3.8) is 0 Å². The van der Waals surface area contributed by atoms with Gasteiger partial charge in [0.05, 0.1) is 0 Å². The largest absolute Gasteiger partial charge is 0.354 e. The van der Waals surface area contributed by atoms with Crippen molar-refractivity contribution in [3.05, 3.63) is 18.3 Å². The van der Waals surface area contributed by atoms with Gasteiger partial charge < -0.3 is 4.90 Å². The van der Waals surface area contributed by atoms with Crippen molar-refractivity contribution in [2.45, 2.75) is 36.6 Å². The summed E-state index contributed by atoms with van der Waals surface area (Å²) >= 11 is 3.76. The van der Waals surface area contributed by atoms with Crippen LogP contribution in [-0.4, -0.2) is 28.1 Å². The van der Waals surface area contributed by atoms with E-state index in [-0.39, 0.29) is 0 Å². The van der Waals surface area contributed by atoms with Crippen LogP contribution in [0, 0.1) is 0 Å². The highest BCUT2D eigenvalue weighted by molar-refractivity contribution is 9.09. The molecule has 1 heterocycles. The van der Waals surface area contributed by atoms with Gasteiger partial charge in [-0.15, -0.1) is 5.10 Å². The number of anilines is 1. The predicted molar refractivity (Wildman–Crippen MR) is 65.4 cm³/mol. The van der Waals surface area contributed by atoms with Crippen LogP contribution in [0.4, 0.5) is 5.82 Å². The second kappa shape index (κ2) is 4.92. The van der Waals surface area contributed by atoms with Crippen molar-refractivity contribution in [2.75, 3.05) is 11.9 Å². The maximum absolute atomic E-state index is 4.14. The van der Waals surface area contributed by atoms with E-state index in [0.29, 0.717) is 10.9 Å². The second-order valence-corrected chi connectivity index (χ2v) is 5.24. The fourth-order valence-electron chi connectivity index (χ4n) is 2.15. The van der Waals surface area contributed by atoms with Gasteiger partial charge in [-0.2, -0.15) is 5.10 Å². The third kappa shape index (κ3) is 2.48. The van der Waals surface area contributed by atoms with E-state index in [1.165, 1.54) is 25.7 Å². The van der Waals surface area contributed by atoms with E-state index in [1.54, 1.807) is 6.20 Å². The smallest absolute Gasteiger partial charge is 0.151 e. The fraction of sp³-hybridized carbons (Fsp3) is 0.636. The SMILES string of the molecule is CN(c1cccnn1)C1CCCCC1Br. The molecule has 82 valence electrons. The summed E-state index contributed by atoms with van der Waals surface area (Å²) in [5.74, 6) is 0.967. The van der Waals surface area contributed by atoms with Crippen molar-refractivity contribution in [3.8, 4) is 0 Å². The van der Waals surface area contributed by atoms with Gasteiger partial charge in [0.1, 0.15) is 0 Å². The normalized spacial score (nSPS) is 26.3. The van der Waals surface area contributed by atoms with Crippen LogP contribution in [0.1, 0.15) is 25.7 Å². The predicted octanol–water partition coefficient (Wildman–Crippen LogP) is 2.62. The molecule has 1 saturated carbocycles. The zero-order chi connectivity index (χ0) is 10.7. The highest BCUT2D eigenvalue weighted by Gasteiger charge is 2.26. The number of aromatic nitrogens is 2. The molecule has 15 heavy (non-hydrogen) atoms. The summed E-state index contributed by atoms with van der Waals surface area (Å²) in [7, 11) is 2.11. The van der Waals surface area contributed by atoms with Crippen molar-refractivity contribution >= 4 is 21.7 Å². The first-order valence-electron chi connectivity index (χ1n) is 5.43. The van der Waals surface area contributed by atoms with Gasteiger partial charge in [0.15, 0.2) is 5.82 Å². The number of halogens is 1. The van der Waals surface area contributed by atoms with E-state index in [9.17, 15) is 0 Å². The van der Waals surface area contributed by atoms with Crippen molar-refractivity contribution in [1.29, 1.82) is 0 Å². The molecule has 0 aromatic carbocycles. The number of hydrogen-bond donors (Lipinski definition) is 0. The fourth-order valence-corrected chi connectivity index (χ4v) is 3.10. The Morgan fingerprint density at radius 1 is 1.40 bits per heavy atom. The van der Waals surface area contributed by atoms with Gasteiger partial charge in [0, 0.05) is 24.1 Å². The van der Waals surface area contributed by atoms with Gasteiger partial charge >= 0.3 is 0 Å². The van der Waals surface area contributed by atoms with Crippen LogP contribution in [-0.2, 0) is 0 Å². The molecular weight excluding hydrogens is 254 g/mol. The monoisotopic (exact) mass is 269 g/mol. The average molecular weight is 270 g/mol. The Morgan fingerprint density at radius 3 is 2.87 bits per heavy atom. The van der Waals surface area contributed by atoms with Crippen molar-refractivity contribution < 1.29 is 0 Å². The minimum atomic E-state index is 0.551.